The first-order valence-electron chi connectivity index (χ1n) is 3.70. The number of hydroxylamine groups is 2. The van der Waals surface area contributed by atoms with Gasteiger partial charge in [0, 0.05) is 5.92 Å². The van der Waals surface area contributed by atoms with Crippen LogP contribution in [0.25, 0.3) is 0 Å². The van der Waals surface area contributed by atoms with Crippen molar-refractivity contribution >= 4 is 0 Å². The first-order chi connectivity index (χ1) is 4.63. The maximum atomic E-state index is 11.0. The van der Waals surface area contributed by atoms with Gasteiger partial charge in [0.25, 0.3) is 0 Å². The lowest BCUT2D eigenvalue weighted by molar-refractivity contribution is -1.45. The lowest BCUT2D eigenvalue weighted by Gasteiger charge is -2.31. The van der Waals surface area contributed by atoms with E-state index in [1.165, 1.54) is 0 Å². The molecule has 0 aromatic rings. The van der Waals surface area contributed by atoms with Crippen molar-refractivity contribution in [2.24, 2.45) is 5.92 Å². The molecule has 3 unspecified atom stereocenters. The quantitative estimate of drug-likeness (QED) is 0.424. The minimum Gasteiger partial charge on any atom is -0.583 e. The van der Waals surface area contributed by atoms with Gasteiger partial charge in [-0.15, -0.1) is 0 Å². The van der Waals surface area contributed by atoms with Crippen LogP contribution in [0.15, 0.2) is 0 Å². The topological polar surface area (TPSA) is 55.0 Å². The Balaban J connectivity index is 2.49. The van der Waals surface area contributed by atoms with Crippen LogP contribution in [0.2, 0.25) is 0 Å². The molecule has 0 aromatic carbocycles. The van der Waals surface area contributed by atoms with Crippen LogP contribution in [-0.4, -0.2) is 12.6 Å². The van der Waals surface area contributed by atoms with E-state index in [1.807, 2.05) is 13.8 Å². The van der Waals surface area contributed by atoms with E-state index >= 15 is 0 Å². The van der Waals surface area contributed by atoms with Crippen LogP contribution in [0.3, 0.4) is 0 Å². The summed E-state index contributed by atoms with van der Waals surface area (Å²) in [5.41, 5.74) is 0. The van der Waals surface area contributed by atoms with E-state index in [1.54, 1.807) is 0 Å². The minimum atomic E-state index is -0.168. The summed E-state index contributed by atoms with van der Waals surface area (Å²) in [6.07, 6.45) is 0.773. The number of quaternary nitrogens is 2. The maximum absolute atomic E-state index is 11.0. The summed E-state index contributed by atoms with van der Waals surface area (Å²) in [6.45, 7) is 4.45. The Morgan fingerprint density at radius 1 is 1.40 bits per heavy atom. The summed E-state index contributed by atoms with van der Waals surface area (Å²) in [4.78, 5) is 0. The third kappa shape index (κ3) is 1.29. The fourth-order valence-corrected chi connectivity index (χ4v) is 1.38. The highest BCUT2D eigenvalue weighted by Crippen LogP contribution is 2.01. The molecule has 1 aliphatic heterocycles. The first kappa shape index (κ1) is 7.94. The largest absolute Gasteiger partial charge is 0.583 e. The van der Waals surface area contributed by atoms with Crippen molar-refractivity contribution in [3.63, 3.8) is 0 Å². The van der Waals surface area contributed by atoms with Crippen molar-refractivity contribution < 1.29 is 10.3 Å². The van der Waals surface area contributed by atoms with Crippen LogP contribution < -0.4 is 10.3 Å². The molecule has 4 heteroatoms. The second kappa shape index (κ2) is 2.84. The molecule has 4 nitrogen and oxygen atoms in total. The zero-order valence-corrected chi connectivity index (χ0v) is 6.39. The molecule has 0 amide bonds. The number of hydrogen-bond acceptors (Lipinski definition) is 2. The molecule has 1 heterocycles. The summed E-state index contributed by atoms with van der Waals surface area (Å²) in [5, 5.41) is 21.4. The summed E-state index contributed by atoms with van der Waals surface area (Å²) >= 11 is 0. The molecule has 1 aliphatic rings. The lowest BCUT2D eigenvalue weighted by Crippen LogP contribution is -3.54. The number of nitrogens with one attached hydrogen (secondary N) is 2. The molecule has 2 N–H and O–H groups in total. The van der Waals surface area contributed by atoms with Gasteiger partial charge in [-0.3, -0.25) is 0 Å². The molecule has 10 heavy (non-hydrogen) atoms. The monoisotopic (exact) mass is 146 g/mol. The van der Waals surface area contributed by atoms with Crippen LogP contribution in [0.4, 0.5) is 0 Å². The van der Waals surface area contributed by atoms with Gasteiger partial charge in [0.2, 0.25) is 0 Å². The zero-order valence-electron chi connectivity index (χ0n) is 6.39. The first-order valence-corrected chi connectivity index (χ1v) is 3.70. The molecule has 0 bridgehead atoms. The van der Waals surface area contributed by atoms with E-state index in [4.69, 9.17) is 0 Å². The van der Waals surface area contributed by atoms with Crippen LogP contribution in [0.1, 0.15) is 20.3 Å². The standard InChI is InChI=1S/C6H14N2O2/c1-5(2)6-3-4-7(9)8(6)10/h5-8H,3-4H2,1-2H3. The zero-order chi connectivity index (χ0) is 7.72. The van der Waals surface area contributed by atoms with Gasteiger partial charge in [0.15, 0.2) is 0 Å². The van der Waals surface area contributed by atoms with Crippen molar-refractivity contribution in [3.05, 3.63) is 10.4 Å². The van der Waals surface area contributed by atoms with Crippen LogP contribution in [0.5, 0.6) is 0 Å². The predicted molar refractivity (Wildman–Crippen MR) is 36.8 cm³/mol. The second-order valence-electron chi connectivity index (χ2n) is 3.18. The van der Waals surface area contributed by atoms with E-state index in [-0.39, 0.29) is 16.4 Å². The Hall–Kier alpha value is -0.160. The van der Waals surface area contributed by atoms with Crippen LogP contribution in [-0.2, 0) is 0 Å². The molecule has 0 aliphatic carbocycles. The van der Waals surface area contributed by atoms with Gasteiger partial charge in [0.05, 0.1) is 6.42 Å². The van der Waals surface area contributed by atoms with Crippen molar-refractivity contribution in [1.82, 2.24) is 0 Å². The van der Waals surface area contributed by atoms with Crippen molar-refractivity contribution in [2.75, 3.05) is 6.54 Å². The van der Waals surface area contributed by atoms with Gasteiger partial charge < -0.3 is 10.4 Å². The average Bonchev–Trinajstić information content (AvgIpc) is 2.14. The summed E-state index contributed by atoms with van der Waals surface area (Å²) < 4.78 is 0. The molecule has 1 fully saturated rings. The van der Waals surface area contributed by atoms with Crippen molar-refractivity contribution in [3.8, 4) is 0 Å². The Morgan fingerprint density at radius 3 is 2.20 bits per heavy atom. The van der Waals surface area contributed by atoms with Gasteiger partial charge in [-0.25, -0.2) is 10.3 Å². The average molecular weight is 146 g/mol. The summed E-state index contributed by atoms with van der Waals surface area (Å²) in [6, 6.07) is 0.0208. The van der Waals surface area contributed by atoms with Crippen molar-refractivity contribution in [1.29, 1.82) is 0 Å². The summed E-state index contributed by atoms with van der Waals surface area (Å²) in [7, 11) is 0. The Kier molecular flexibility index (Phi) is 2.25. The molecule has 1 rings (SSSR count). The smallest absolute Gasteiger partial charge is 0.138 e. The normalized spacial score (nSPS) is 41.1. The van der Waals surface area contributed by atoms with E-state index in [0.29, 0.717) is 12.5 Å². The molecule has 0 radical (unpaired) electrons. The highest BCUT2D eigenvalue weighted by Gasteiger charge is 2.31. The van der Waals surface area contributed by atoms with E-state index in [9.17, 15) is 10.4 Å². The van der Waals surface area contributed by atoms with E-state index in [0.717, 1.165) is 6.42 Å². The van der Waals surface area contributed by atoms with Crippen LogP contribution in [0, 0.1) is 16.3 Å². The van der Waals surface area contributed by atoms with Gasteiger partial charge in [-0.05, 0) is 0 Å². The molecular weight excluding hydrogens is 132 g/mol. The lowest BCUT2D eigenvalue weighted by atomic mass is 10.0. The Bertz CT molecular complexity index is 118. The Labute approximate surface area is 60.5 Å². The maximum Gasteiger partial charge on any atom is 0.138 e. The van der Waals surface area contributed by atoms with Gasteiger partial charge in [0.1, 0.15) is 12.6 Å². The molecule has 1 saturated heterocycles. The van der Waals surface area contributed by atoms with Gasteiger partial charge in [-0.2, -0.15) is 0 Å². The number of hydrogen-bond donors (Lipinski definition) is 2. The van der Waals surface area contributed by atoms with E-state index in [2.05, 4.69) is 0 Å². The second-order valence-corrected chi connectivity index (χ2v) is 3.18. The minimum absolute atomic E-state index is 0.0208. The van der Waals surface area contributed by atoms with Gasteiger partial charge in [-0.1, -0.05) is 13.8 Å². The molecule has 60 valence electrons. The highest BCUT2D eigenvalue weighted by molar-refractivity contribution is 4.60. The summed E-state index contributed by atoms with van der Waals surface area (Å²) in [5.74, 6) is 0.332. The van der Waals surface area contributed by atoms with E-state index < -0.39 is 0 Å². The molecule has 0 saturated carbocycles. The van der Waals surface area contributed by atoms with Crippen molar-refractivity contribution in [2.45, 2.75) is 26.3 Å². The fourth-order valence-electron chi connectivity index (χ4n) is 1.38. The molecule has 3 atom stereocenters. The number of rotatable bonds is 1. The van der Waals surface area contributed by atoms with Gasteiger partial charge >= 0.3 is 0 Å². The fraction of sp³-hybridized carbons (Fsp3) is 1.00. The molecule has 0 spiro atoms. The highest BCUT2D eigenvalue weighted by atomic mass is 16.7. The SMILES string of the molecule is CC(C)C1CC[NH+]([O-])[NH+]1[O-]. The third-order valence-corrected chi connectivity index (χ3v) is 2.10. The predicted octanol–water partition coefficient (Wildman–Crippen LogP) is -1.90. The molecular formula is C6H14N2O2. The Morgan fingerprint density at radius 2 is 2.00 bits per heavy atom. The van der Waals surface area contributed by atoms with Crippen LogP contribution >= 0.6 is 0 Å². The third-order valence-electron chi connectivity index (χ3n) is 2.10. The molecule has 0 aromatic heterocycles.